The van der Waals surface area contributed by atoms with Crippen LogP contribution in [0.1, 0.15) is 0 Å². The summed E-state index contributed by atoms with van der Waals surface area (Å²) >= 11 is 0. The number of carbonyl (C=O) groups excluding carboxylic acids is 1. The maximum Gasteiger partial charge on any atom is 0.128 e. The van der Waals surface area contributed by atoms with Crippen LogP contribution in [0, 0.1) is 5.92 Å². The van der Waals surface area contributed by atoms with Crippen molar-refractivity contribution in [3.05, 3.63) is 12.2 Å². The summed E-state index contributed by atoms with van der Waals surface area (Å²) < 4.78 is 0. The van der Waals surface area contributed by atoms with Crippen molar-refractivity contribution in [2.24, 2.45) is 11.7 Å². The summed E-state index contributed by atoms with van der Waals surface area (Å²) in [5, 5.41) is 0. The van der Waals surface area contributed by atoms with E-state index in [9.17, 15) is 4.79 Å². The molecule has 0 saturated carbocycles. The number of carbonyl (C=O) groups is 1. The molecule has 0 aromatic rings. The third-order valence-electron chi connectivity index (χ3n) is 1.16. The minimum atomic E-state index is -0.00231. The molecule has 1 rings (SSSR count). The van der Waals surface area contributed by atoms with E-state index in [1.54, 1.807) is 6.08 Å². The summed E-state index contributed by atoms with van der Waals surface area (Å²) in [4.78, 5) is 9.87. The van der Waals surface area contributed by atoms with Gasteiger partial charge in [-0.15, -0.1) is 0 Å². The van der Waals surface area contributed by atoms with Crippen LogP contribution in [0.5, 0.6) is 0 Å². The van der Waals surface area contributed by atoms with E-state index in [1.807, 2.05) is 6.08 Å². The number of rotatable bonds is 1. The van der Waals surface area contributed by atoms with Crippen molar-refractivity contribution in [1.29, 1.82) is 0 Å². The Kier molecular flexibility index (Phi) is 0.947. The minimum absolute atomic E-state index is 0.000000000000000222. The maximum atomic E-state index is 9.87. The Labute approximate surface area is 42.0 Å². The lowest BCUT2D eigenvalue weighted by Gasteiger charge is -2.18. The smallest absolute Gasteiger partial charge is 0.128 e. The van der Waals surface area contributed by atoms with Gasteiger partial charge in [0.15, 0.2) is 0 Å². The molecule has 0 spiro atoms. The molecule has 0 bridgehead atoms. The standard InChI is InChI=1S/C5H7NO/c6-5-2-1-4(5)3-7/h1-5H,6H2/t4-,5+/m1/s1. The Morgan fingerprint density at radius 3 is 2.29 bits per heavy atom. The number of hydrogen-bond acceptors (Lipinski definition) is 2. The van der Waals surface area contributed by atoms with Gasteiger partial charge in [0.05, 0.1) is 5.92 Å². The lowest BCUT2D eigenvalue weighted by Crippen LogP contribution is -2.33. The Morgan fingerprint density at radius 2 is 2.29 bits per heavy atom. The first-order valence-corrected chi connectivity index (χ1v) is 2.24. The van der Waals surface area contributed by atoms with Gasteiger partial charge >= 0.3 is 0 Å². The van der Waals surface area contributed by atoms with Crippen LogP contribution in [-0.4, -0.2) is 12.3 Å². The van der Waals surface area contributed by atoms with Crippen molar-refractivity contribution in [3.8, 4) is 0 Å². The highest BCUT2D eigenvalue weighted by atomic mass is 16.1. The molecule has 0 unspecified atom stereocenters. The number of nitrogens with two attached hydrogens (primary N) is 1. The first-order chi connectivity index (χ1) is 3.34. The van der Waals surface area contributed by atoms with E-state index in [4.69, 9.17) is 5.73 Å². The molecule has 0 saturated heterocycles. The third-order valence-corrected chi connectivity index (χ3v) is 1.16. The van der Waals surface area contributed by atoms with E-state index in [0.717, 1.165) is 6.29 Å². The fraction of sp³-hybridized carbons (Fsp3) is 0.400. The SMILES string of the molecule is N[C@H]1C=C[C@@H]1C=O. The van der Waals surface area contributed by atoms with Crippen LogP contribution in [0.3, 0.4) is 0 Å². The molecule has 0 aromatic carbocycles. The molecule has 0 aromatic heterocycles. The van der Waals surface area contributed by atoms with E-state index < -0.39 is 0 Å². The molecule has 1 aliphatic carbocycles. The van der Waals surface area contributed by atoms with Gasteiger partial charge in [-0.2, -0.15) is 0 Å². The fourth-order valence-electron chi connectivity index (χ4n) is 0.504. The van der Waals surface area contributed by atoms with Gasteiger partial charge in [-0.1, -0.05) is 12.2 Å². The minimum Gasteiger partial charge on any atom is -0.324 e. The zero-order valence-electron chi connectivity index (χ0n) is 3.87. The molecule has 2 atom stereocenters. The summed E-state index contributed by atoms with van der Waals surface area (Å²) in [7, 11) is 0. The average Bonchev–Trinajstić information content (AvgIpc) is 1.65. The van der Waals surface area contributed by atoms with Gasteiger partial charge in [0.1, 0.15) is 6.29 Å². The van der Waals surface area contributed by atoms with Gasteiger partial charge in [-0.3, -0.25) is 0 Å². The van der Waals surface area contributed by atoms with Crippen LogP contribution in [0.15, 0.2) is 12.2 Å². The molecule has 1 aliphatic rings. The molecule has 2 heteroatoms. The Balaban J connectivity index is 2.48. The first kappa shape index (κ1) is 4.53. The van der Waals surface area contributed by atoms with Crippen LogP contribution in [0.25, 0.3) is 0 Å². The molecule has 0 heterocycles. The Hall–Kier alpha value is -0.630. The summed E-state index contributed by atoms with van der Waals surface area (Å²) in [6.45, 7) is 0. The zero-order chi connectivity index (χ0) is 5.28. The molecule has 0 radical (unpaired) electrons. The average molecular weight is 97.1 g/mol. The lowest BCUT2D eigenvalue weighted by atomic mass is 9.92. The molecule has 2 N–H and O–H groups in total. The van der Waals surface area contributed by atoms with Crippen LogP contribution in [-0.2, 0) is 4.79 Å². The molecule has 0 fully saturated rings. The van der Waals surface area contributed by atoms with Crippen molar-refractivity contribution in [1.82, 2.24) is 0 Å². The summed E-state index contributed by atoms with van der Waals surface area (Å²) in [5.41, 5.74) is 5.32. The van der Waals surface area contributed by atoms with Crippen molar-refractivity contribution >= 4 is 6.29 Å². The molecule has 0 aliphatic heterocycles. The number of aldehydes is 1. The second-order valence-corrected chi connectivity index (χ2v) is 1.68. The van der Waals surface area contributed by atoms with Crippen molar-refractivity contribution in [2.75, 3.05) is 0 Å². The predicted octanol–water partition coefficient (Wildman–Crippen LogP) is -0.301. The van der Waals surface area contributed by atoms with E-state index in [0.29, 0.717) is 0 Å². The molecule has 7 heavy (non-hydrogen) atoms. The molecule has 0 amide bonds. The van der Waals surface area contributed by atoms with Crippen molar-refractivity contribution in [3.63, 3.8) is 0 Å². The lowest BCUT2D eigenvalue weighted by molar-refractivity contribution is -0.110. The second-order valence-electron chi connectivity index (χ2n) is 1.68. The molecular formula is C5H7NO. The van der Waals surface area contributed by atoms with E-state index in [1.165, 1.54) is 0 Å². The molecular weight excluding hydrogens is 90.1 g/mol. The fourth-order valence-corrected chi connectivity index (χ4v) is 0.504. The quantitative estimate of drug-likeness (QED) is 0.360. The largest absolute Gasteiger partial charge is 0.324 e. The highest BCUT2D eigenvalue weighted by Gasteiger charge is 2.17. The molecule has 2 nitrogen and oxygen atoms in total. The number of hydrogen-bond donors (Lipinski definition) is 1. The second kappa shape index (κ2) is 1.46. The Morgan fingerprint density at radius 1 is 1.57 bits per heavy atom. The highest BCUT2D eigenvalue weighted by Crippen LogP contribution is 2.11. The van der Waals surface area contributed by atoms with Crippen molar-refractivity contribution < 1.29 is 4.79 Å². The normalized spacial score (nSPS) is 37.3. The highest BCUT2D eigenvalue weighted by molar-refractivity contribution is 5.61. The van der Waals surface area contributed by atoms with Crippen LogP contribution >= 0.6 is 0 Å². The van der Waals surface area contributed by atoms with E-state index in [-0.39, 0.29) is 12.0 Å². The third kappa shape index (κ3) is 0.567. The Bertz CT molecular complexity index is 109. The summed E-state index contributed by atoms with van der Waals surface area (Å²) in [6, 6.07) is -0.00231. The van der Waals surface area contributed by atoms with Gasteiger partial charge in [0.25, 0.3) is 0 Å². The monoisotopic (exact) mass is 97.1 g/mol. The predicted molar refractivity (Wildman–Crippen MR) is 26.7 cm³/mol. The summed E-state index contributed by atoms with van der Waals surface area (Å²) in [5.74, 6) is -0.000000000000000222. The van der Waals surface area contributed by atoms with E-state index in [2.05, 4.69) is 0 Å². The van der Waals surface area contributed by atoms with Crippen LogP contribution < -0.4 is 5.73 Å². The van der Waals surface area contributed by atoms with Crippen LogP contribution in [0.4, 0.5) is 0 Å². The summed E-state index contributed by atoms with van der Waals surface area (Å²) in [6.07, 6.45) is 4.49. The van der Waals surface area contributed by atoms with Gasteiger partial charge < -0.3 is 10.5 Å². The zero-order valence-corrected chi connectivity index (χ0v) is 3.87. The first-order valence-electron chi connectivity index (χ1n) is 2.24. The topological polar surface area (TPSA) is 43.1 Å². The van der Waals surface area contributed by atoms with Gasteiger partial charge in [-0.25, -0.2) is 0 Å². The van der Waals surface area contributed by atoms with Gasteiger partial charge in [-0.05, 0) is 0 Å². The van der Waals surface area contributed by atoms with Gasteiger partial charge in [0.2, 0.25) is 0 Å². The van der Waals surface area contributed by atoms with Crippen molar-refractivity contribution in [2.45, 2.75) is 6.04 Å². The van der Waals surface area contributed by atoms with Crippen LogP contribution in [0.2, 0.25) is 0 Å². The molecule has 38 valence electrons. The van der Waals surface area contributed by atoms with E-state index >= 15 is 0 Å². The maximum absolute atomic E-state index is 9.87. The van der Waals surface area contributed by atoms with Gasteiger partial charge in [0, 0.05) is 6.04 Å².